The van der Waals surface area contributed by atoms with Crippen molar-refractivity contribution < 1.29 is 9.32 Å². The lowest BCUT2D eigenvalue weighted by Gasteiger charge is -2.38. The maximum Gasteiger partial charge on any atom is 0.220 e. The van der Waals surface area contributed by atoms with Gasteiger partial charge in [-0.1, -0.05) is 52.5 Å². The second-order valence-electron chi connectivity index (χ2n) is 7.50. The summed E-state index contributed by atoms with van der Waals surface area (Å²) in [4.78, 5) is 12.7. The summed E-state index contributed by atoms with van der Waals surface area (Å²) in [5, 5.41) is 7.37. The van der Waals surface area contributed by atoms with Crippen molar-refractivity contribution in [2.24, 2.45) is 0 Å². The third-order valence-electron chi connectivity index (χ3n) is 5.45. The zero-order valence-electron chi connectivity index (χ0n) is 15.6. The Labute approximate surface area is 163 Å². The number of carbonyl (C=O) groups is 1. The number of halogens is 1. The van der Waals surface area contributed by atoms with E-state index in [1.165, 1.54) is 24.8 Å². The van der Waals surface area contributed by atoms with E-state index in [0.29, 0.717) is 12.8 Å². The Hall–Kier alpha value is -1.62. The summed E-state index contributed by atoms with van der Waals surface area (Å²) in [5.41, 5.74) is 3.12. The van der Waals surface area contributed by atoms with Crippen molar-refractivity contribution in [3.63, 3.8) is 0 Å². The van der Waals surface area contributed by atoms with Gasteiger partial charge in [0.15, 0.2) is 0 Å². The van der Waals surface area contributed by atoms with E-state index in [2.05, 4.69) is 50.7 Å². The van der Waals surface area contributed by atoms with Gasteiger partial charge in [0, 0.05) is 22.0 Å². The SMILES string of the molecule is Cc1noc(C)c1CCC(=O)NC1(Cc2ccc(Br)cc2)CCCCC1. The number of rotatable bonds is 6. The topological polar surface area (TPSA) is 55.1 Å². The number of hydrogen-bond acceptors (Lipinski definition) is 3. The molecule has 1 aromatic carbocycles. The van der Waals surface area contributed by atoms with Crippen LogP contribution in [0.5, 0.6) is 0 Å². The summed E-state index contributed by atoms with van der Waals surface area (Å²) >= 11 is 3.49. The molecule has 5 heteroatoms. The maximum atomic E-state index is 12.7. The van der Waals surface area contributed by atoms with Crippen molar-refractivity contribution in [2.75, 3.05) is 0 Å². The molecule has 4 nitrogen and oxygen atoms in total. The molecule has 1 saturated carbocycles. The first kappa shape index (κ1) is 19.2. The fraction of sp³-hybridized carbons (Fsp3) is 0.524. The Kier molecular flexibility index (Phi) is 6.17. The first-order valence-electron chi connectivity index (χ1n) is 9.45. The molecule has 0 saturated heterocycles. The lowest BCUT2D eigenvalue weighted by atomic mass is 9.77. The van der Waals surface area contributed by atoms with Crippen molar-refractivity contribution in [1.29, 1.82) is 0 Å². The highest BCUT2D eigenvalue weighted by molar-refractivity contribution is 9.10. The predicted molar refractivity (Wildman–Crippen MR) is 106 cm³/mol. The van der Waals surface area contributed by atoms with Gasteiger partial charge in [0.2, 0.25) is 5.91 Å². The van der Waals surface area contributed by atoms with Gasteiger partial charge < -0.3 is 9.84 Å². The van der Waals surface area contributed by atoms with E-state index in [1.54, 1.807) is 0 Å². The van der Waals surface area contributed by atoms with E-state index in [4.69, 9.17) is 4.52 Å². The molecule has 140 valence electrons. The van der Waals surface area contributed by atoms with E-state index in [0.717, 1.165) is 40.8 Å². The third-order valence-corrected chi connectivity index (χ3v) is 5.98. The highest BCUT2D eigenvalue weighted by atomic mass is 79.9. The number of aryl methyl sites for hydroxylation is 2. The number of carbonyl (C=O) groups excluding carboxylic acids is 1. The Morgan fingerprint density at radius 2 is 1.88 bits per heavy atom. The van der Waals surface area contributed by atoms with Crippen LogP contribution in [0.15, 0.2) is 33.3 Å². The van der Waals surface area contributed by atoms with Gasteiger partial charge in [-0.05, 0) is 57.2 Å². The van der Waals surface area contributed by atoms with E-state index < -0.39 is 0 Å². The largest absolute Gasteiger partial charge is 0.361 e. The van der Waals surface area contributed by atoms with Crippen LogP contribution in [0.2, 0.25) is 0 Å². The van der Waals surface area contributed by atoms with Crippen molar-refractivity contribution in [1.82, 2.24) is 10.5 Å². The minimum Gasteiger partial charge on any atom is -0.361 e. The summed E-state index contributed by atoms with van der Waals surface area (Å²) < 4.78 is 6.29. The summed E-state index contributed by atoms with van der Waals surface area (Å²) in [6.07, 6.45) is 7.79. The van der Waals surface area contributed by atoms with E-state index in [-0.39, 0.29) is 11.4 Å². The molecule has 1 aliphatic rings. The molecule has 2 aromatic rings. The Bertz CT molecular complexity index is 726. The summed E-state index contributed by atoms with van der Waals surface area (Å²) in [6, 6.07) is 8.45. The summed E-state index contributed by atoms with van der Waals surface area (Å²) in [6.45, 7) is 3.84. The van der Waals surface area contributed by atoms with Crippen LogP contribution in [0.4, 0.5) is 0 Å². The second kappa shape index (κ2) is 8.38. The van der Waals surface area contributed by atoms with Gasteiger partial charge in [0.1, 0.15) is 5.76 Å². The van der Waals surface area contributed by atoms with Gasteiger partial charge in [0.05, 0.1) is 5.69 Å². The first-order chi connectivity index (χ1) is 12.5. The van der Waals surface area contributed by atoms with Gasteiger partial charge >= 0.3 is 0 Å². The monoisotopic (exact) mass is 418 g/mol. The molecule has 0 unspecified atom stereocenters. The molecule has 0 aliphatic heterocycles. The number of amides is 1. The van der Waals surface area contributed by atoms with Crippen LogP contribution < -0.4 is 5.32 Å². The predicted octanol–water partition coefficient (Wildman–Crippen LogP) is 5.05. The molecule has 1 amide bonds. The fourth-order valence-electron chi connectivity index (χ4n) is 4.02. The molecule has 1 N–H and O–H groups in total. The lowest BCUT2D eigenvalue weighted by molar-refractivity contribution is -0.123. The minimum atomic E-state index is -0.109. The normalized spacial score (nSPS) is 16.4. The van der Waals surface area contributed by atoms with Crippen LogP contribution in [0, 0.1) is 13.8 Å². The Morgan fingerprint density at radius 1 is 1.19 bits per heavy atom. The van der Waals surface area contributed by atoms with Crippen LogP contribution >= 0.6 is 15.9 Å². The molecule has 0 atom stereocenters. The van der Waals surface area contributed by atoms with Crippen LogP contribution in [-0.2, 0) is 17.6 Å². The van der Waals surface area contributed by atoms with E-state index >= 15 is 0 Å². The number of hydrogen-bond donors (Lipinski definition) is 1. The third kappa shape index (κ3) is 4.76. The quantitative estimate of drug-likeness (QED) is 0.713. The molecule has 1 aliphatic carbocycles. The minimum absolute atomic E-state index is 0.109. The molecular weight excluding hydrogens is 392 g/mol. The van der Waals surface area contributed by atoms with Crippen molar-refractivity contribution in [3.05, 3.63) is 51.3 Å². The Balaban J connectivity index is 1.65. The van der Waals surface area contributed by atoms with Gasteiger partial charge in [-0.15, -0.1) is 0 Å². The van der Waals surface area contributed by atoms with E-state index in [9.17, 15) is 4.79 Å². The zero-order chi connectivity index (χ0) is 18.6. The smallest absolute Gasteiger partial charge is 0.220 e. The second-order valence-corrected chi connectivity index (χ2v) is 8.41. The molecule has 3 rings (SSSR count). The van der Waals surface area contributed by atoms with Crippen LogP contribution in [0.25, 0.3) is 0 Å². The number of nitrogens with one attached hydrogen (secondary N) is 1. The van der Waals surface area contributed by atoms with Gasteiger partial charge in [-0.25, -0.2) is 0 Å². The first-order valence-corrected chi connectivity index (χ1v) is 10.2. The van der Waals surface area contributed by atoms with Gasteiger partial charge in [-0.3, -0.25) is 4.79 Å². The highest BCUT2D eigenvalue weighted by Gasteiger charge is 2.33. The number of nitrogens with zero attached hydrogens (tertiary/aromatic N) is 1. The van der Waals surface area contributed by atoms with Crippen LogP contribution in [-0.4, -0.2) is 16.6 Å². The van der Waals surface area contributed by atoms with Crippen molar-refractivity contribution in [2.45, 2.75) is 70.8 Å². The van der Waals surface area contributed by atoms with E-state index in [1.807, 2.05) is 13.8 Å². The van der Waals surface area contributed by atoms with Gasteiger partial charge in [-0.2, -0.15) is 0 Å². The van der Waals surface area contributed by atoms with Crippen molar-refractivity contribution >= 4 is 21.8 Å². The molecule has 1 aromatic heterocycles. The molecular formula is C21H27BrN2O2. The summed E-state index contributed by atoms with van der Waals surface area (Å²) in [7, 11) is 0. The molecule has 0 spiro atoms. The van der Waals surface area contributed by atoms with Gasteiger partial charge in [0.25, 0.3) is 0 Å². The standard InChI is InChI=1S/C21H27BrN2O2/c1-15-19(16(2)26-24-15)10-11-20(25)23-21(12-4-3-5-13-21)14-17-6-8-18(22)9-7-17/h6-9H,3-5,10-14H2,1-2H3,(H,23,25). The summed E-state index contributed by atoms with van der Waals surface area (Å²) in [5.74, 6) is 0.946. The van der Waals surface area contributed by atoms with Crippen LogP contribution in [0.3, 0.4) is 0 Å². The molecule has 26 heavy (non-hydrogen) atoms. The van der Waals surface area contributed by atoms with Crippen molar-refractivity contribution in [3.8, 4) is 0 Å². The number of aromatic nitrogens is 1. The average Bonchev–Trinajstić information content (AvgIpc) is 2.94. The fourth-order valence-corrected chi connectivity index (χ4v) is 4.29. The molecule has 1 heterocycles. The Morgan fingerprint density at radius 3 is 2.50 bits per heavy atom. The maximum absolute atomic E-state index is 12.7. The van der Waals surface area contributed by atoms with Crippen LogP contribution in [0.1, 0.15) is 61.1 Å². The molecule has 0 bridgehead atoms. The lowest BCUT2D eigenvalue weighted by Crippen LogP contribution is -2.51. The highest BCUT2D eigenvalue weighted by Crippen LogP contribution is 2.32. The zero-order valence-corrected chi connectivity index (χ0v) is 17.2. The number of benzene rings is 1. The molecule has 1 fully saturated rings. The molecule has 0 radical (unpaired) electrons. The average molecular weight is 419 g/mol.